The third kappa shape index (κ3) is 6.59. The number of carbonyl (C=O) groups is 2. The molecule has 1 aromatic rings. The molecule has 0 radical (unpaired) electrons. The number of nitrogens with one attached hydrogen (secondary N) is 2. The SMILES string of the molecule is COc1ccc(S(=O)(=O)NCCC(=O)NC(C)CC(=O)O)cc1OC. The number of carboxylic acid groups (broad SMARTS) is 1. The highest BCUT2D eigenvalue weighted by Gasteiger charge is 2.17. The van der Waals surface area contributed by atoms with Gasteiger partial charge in [-0.15, -0.1) is 0 Å². The molecule has 0 aliphatic rings. The van der Waals surface area contributed by atoms with Gasteiger partial charge in [0.05, 0.1) is 25.5 Å². The standard InChI is InChI=1S/C15H22N2O7S/c1-10(8-15(19)20)17-14(18)6-7-16-25(21,22)11-4-5-12(23-2)13(9-11)24-3/h4-5,9-10,16H,6-8H2,1-3H3,(H,17,18)(H,19,20). The molecule has 0 bridgehead atoms. The number of carboxylic acids is 1. The summed E-state index contributed by atoms with van der Waals surface area (Å²) in [7, 11) is -0.989. The third-order valence-electron chi connectivity index (χ3n) is 3.20. The zero-order valence-corrected chi connectivity index (χ0v) is 15.1. The van der Waals surface area contributed by atoms with Crippen LogP contribution < -0.4 is 19.5 Å². The Bertz CT molecular complexity index is 719. The maximum atomic E-state index is 12.2. The van der Waals surface area contributed by atoms with Gasteiger partial charge in [-0.3, -0.25) is 9.59 Å². The first-order valence-electron chi connectivity index (χ1n) is 7.42. The van der Waals surface area contributed by atoms with Crippen LogP contribution in [0.4, 0.5) is 0 Å². The van der Waals surface area contributed by atoms with Crippen molar-refractivity contribution in [2.24, 2.45) is 0 Å². The fraction of sp³-hybridized carbons (Fsp3) is 0.467. The lowest BCUT2D eigenvalue weighted by Gasteiger charge is -2.13. The van der Waals surface area contributed by atoms with Gasteiger partial charge < -0.3 is 19.9 Å². The molecule has 9 nitrogen and oxygen atoms in total. The number of benzene rings is 1. The summed E-state index contributed by atoms with van der Waals surface area (Å²) in [6, 6.07) is 3.61. The van der Waals surface area contributed by atoms with Gasteiger partial charge in [-0.2, -0.15) is 0 Å². The Morgan fingerprint density at radius 1 is 1.20 bits per heavy atom. The number of sulfonamides is 1. The molecular weight excluding hydrogens is 352 g/mol. The summed E-state index contributed by atoms with van der Waals surface area (Å²) < 4.78 is 36.9. The molecule has 0 saturated carbocycles. The van der Waals surface area contributed by atoms with E-state index in [-0.39, 0.29) is 30.0 Å². The Labute approximate surface area is 146 Å². The fourth-order valence-corrected chi connectivity index (χ4v) is 3.07. The molecule has 140 valence electrons. The van der Waals surface area contributed by atoms with Gasteiger partial charge in [0.2, 0.25) is 15.9 Å². The highest BCUT2D eigenvalue weighted by atomic mass is 32.2. The van der Waals surface area contributed by atoms with E-state index in [0.717, 1.165) is 0 Å². The molecule has 0 aromatic heterocycles. The monoisotopic (exact) mass is 374 g/mol. The maximum absolute atomic E-state index is 12.2. The van der Waals surface area contributed by atoms with E-state index in [0.29, 0.717) is 5.75 Å². The van der Waals surface area contributed by atoms with Crippen molar-refractivity contribution in [2.45, 2.75) is 30.7 Å². The molecule has 25 heavy (non-hydrogen) atoms. The molecule has 1 unspecified atom stereocenters. The van der Waals surface area contributed by atoms with Crippen LogP contribution in [0.3, 0.4) is 0 Å². The van der Waals surface area contributed by atoms with E-state index in [9.17, 15) is 18.0 Å². The van der Waals surface area contributed by atoms with Gasteiger partial charge in [0.1, 0.15) is 0 Å². The second kappa shape index (κ2) is 9.23. The van der Waals surface area contributed by atoms with E-state index >= 15 is 0 Å². The van der Waals surface area contributed by atoms with Crippen LogP contribution in [0.15, 0.2) is 23.1 Å². The van der Waals surface area contributed by atoms with E-state index in [1.807, 2.05) is 0 Å². The number of rotatable bonds is 10. The van der Waals surface area contributed by atoms with Gasteiger partial charge >= 0.3 is 5.97 Å². The summed E-state index contributed by atoms with van der Waals surface area (Å²) in [5, 5.41) is 11.1. The summed E-state index contributed by atoms with van der Waals surface area (Å²) in [6.07, 6.45) is -0.320. The number of aliphatic carboxylic acids is 1. The van der Waals surface area contributed by atoms with E-state index in [1.165, 1.54) is 32.4 Å². The first kappa shape index (κ1) is 20.7. The van der Waals surface area contributed by atoms with Crippen molar-refractivity contribution in [3.8, 4) is 11.5 Å². The lowest BCUT2D eigenvalue weighted by Crippen LogP contribution is -2.36. The summed E-state index contributed by atoms with van der Waals surface area (Å²) in [4.78, 5) is 22.2. The molecule has 0 spiro atoms. The summed E-state index contributed by atoms with van der Waals surface area (Å²) >= 11 is 0. The first-order chi connectivity index (χ1) is 11.7. The van der Waals surface area contributed by atoms with Crippen molar-refractivity contribution in [1.29, 1.82) is 0 Å². The number of amides is 1. The highest BCUT2D eigenvalue weighted by Crippen LogP contribution is 2.29. The number of carbonyl (C=O) groups excluding carboxylic acids is 1. The summed E-state index contributed by atoms with van der Waals surface area (Å²) in [5.41, 5.74) is 0. The van der Waals surface area contributed by atoms with Crippen molar-refractivity contribution < 1.29 is 32.6 Å². The van der Waals surface area contributed by atoms with Crippen LogP contribution in [0, 0.1) is 0 Å². The zero-order chi connectivity index (χ0) is 19.0. The first-order valence-corrected chi connectivity index (χ1v) is 8.90. The lowest BCUT2D eigenvalue weighted by molar-refractivity contribution is -0.137. The van der Waals surface area contributed by atoms with Gasteiger partial charge in [0, 0.05) is 25.1 Å². The Balaban J connectivity index is 2.61. The van der Waals surface area contributed by atoms with Crippen LogP contribution in [-0.4, -0.2) is 52.2 Å². The Hall–Kier alpha value is -2.33. The second-order valence-corrected chi connectivity index (χ2v) is 7.00. The molecule has 0 saturated heterocycles. The van der Waals surface area contributed by atoms with E-state index in [1.54, 1.807) is 6.92 Å². The van der Waals surface area contributed by atoms with E-state index in [2.05, 4.69) is 10.0 Å². The van der Waals surface area contributed by atoms with Crippen LogP contribution in [0.1, 0.15) is 19.8 Å². The third-order valence-corrected chi connectivity index (χ3v) is 4.66. The summed E-state index contributed by atoms with van der Waals surface area (Å²) in [6.45, 7) is 1.43. The predicted octanol–water partition coefficient (Wildman–Crippen LogP) is 0.352. The molecular formula is C15H22N2O7S. The molecule has 1 rings (SSSR count). The number of methoxy groups -OCH3 is 2. The molecule has 3 N–H and O–H groups in total. The van der Waals surface area contributed by atoms with Gasteiger partial charge in [-0.1, -0.05) is 0 Å². The largest absolute Gasteiger partial charge is 0.493 e. The van der Waals surface area contributed by atoms with Crippen molar-refractivity contribution in [3.63, 3.8) is 0 Å². The Kier molecular flexibility index (Phi) is 7.65. The molecule has 0 aliphatic carbocycles. The highest BCUT2D eigenvalue weighted by molar-refractivity contribution is 7.89. The minimum atomic E-state index is -3.82. The molecule has 1 atom stereocenters. The lowest BCUT2D eigenvalue weighted by atomic mass is 10.2. The van der Waals surface area contributed by atoms with Crippen molar-refractivity contribution in [2.75, 3.05) is 20.8 Å². The fourth-order valence-electron chi connectivity index (χ4n) is 2.03. The van der Waals surface area contributed by atoms with Crippen molar-refractivity contribution in [3.05, 3.63) is 18.2 Å². The molecule has 1 amide bonds. The molecule has 0 aliphatic heterocycles. The minimum absolute atomic E-state index is 0.0233. The smallest absolute Gasteiger partial charge is 0.305 e. The van der Waals surface area contributed by atoms with E-state index < -0.39 is 27.9 Å². The minimum Gasteiger partial charge on any atom is -0.493 e. The topological polar surface area (TPSA) is 131 Å². The Morgan fingerprint density at radius 2 is 1.84 bits per heavy atom. The summed E-state index contributed by atoms with van der Waals surface area (Å²) in [5.74, 6) is -0.801. The Morgan fingerprint density at radius 3 is 2.40 bits per heavy atom. The molecule has 10 heteroatoms. The van der Waals surface area contributed by atoms with Gasteiger partial charge in [-0.25, -0.2) is 13.1 Å². The molecule has 0 fully saturated rings. The van der Waals surface area contributed by atoms with Crippen molar-refractivity contribution >= 4 is 21.9 Å². The van der Waals surface area contributed by atoms with E-state index in [4.69, 9.17) is 14.6 Å². The van der Waals surface area contributed by atoms with Crippen LogP contribution >= 0.6 is 0 Å². The van der Waals surface area contributed by atoms with Gasteiger partial charge in [0.15, 0.2) is 11.5 Å². The maximum Gasteiger partial charge on any atom is 0.305 e. The number of hydrogen-bond donors (Lipinski definition) is 3. The zero-order valence-electron chi connectivity index (χ0n) is 14.2. The van der Waals surface area contributed by atoms with Gasteiger partial charge in [-0.05, 0) is 19.1 Å². The number of ether oxygens (including phenoxy) is 2. The van der Waals surface area contributed by atoms with Crippen LogP contribution in [0.5, 0.6) is 11.5 Å². The van der Waals surface area contributed by atoms with Gasteiger partial charge in [0.25, 0.3) is 0 Å². The molecule has 0 heterocycles. The predicted molar refractivity (Wildman–Crippen MR) is 89.2 cm³/mol. The van der Waals surface area contributed by atoms with Crippen molar-refractivity contribution in [1.82, 2.24) is 10.0 Å². The average Bonchev–Trinajstić information content (AvgIpc) is 2.52. The normalized spacial score (nSPS) is 12.3. The van der Waals surface area contributed by atoms with Crippen LogP contribution in [-0.2, 0) is 19.6 Å². The van der Waals surface area contributed by atoms with Crippen LogP contribution in [0.25, 0.3) is 0 Å². The second-order valence-electron chi connectivity index (χ2n) is 5.23. The van der Waals surface area contributed by atoms with Crippen LogP contribution in [0.2, 0.25) is 0 Å². The number of hydrogen-bond acceptors (Lipinski definition) is 6. The quantitative estimate of drug-likeness (QED) is 0.538. The molecule has 1 aromatic carbocycles. The average molecular weight is 374 g/mol.